The lowest BCUT2D eigenvalue weighted by molar-refractivity contribution is 0.258. The van der Waals surface area contributed by atoms with Crippen LogP contribution in [0.2, 0.25) is 0 Å². The van der Waals surface area contributed by atoms with Gasteiger partial charge in [0.1, 0.15) is 0 Å². The summed E-state index contributed by atoms with van der Waals surface area (Å²) in [5.41, 5.74) is 0. The van der Waals surface area contributed by atoms with Crippen molar-refractivity contribution in [3.8, 4) is 0 Å². The Morgan fingerprint density at radius 3 is 2.26 bits per heavy atom. The van der Waals surface area contributed by atoms with Crippen molar-refractivity contribution in [3.63, 3.8) is 0 Å². The van der Waals surface area contributed by atoms with Crippen LogP contribution in [0.5, 0.6) is 0 Å². The van der Waals surface area contributed by atoms with Crippen LogP contribution >= 0.6 is 0 Å². The third kappa shape index (κ3) is 12.6. The Morgan fingerprint density at radius 2 is 1.74 bits per heavy atom. The van der Waals surface area contributed by atoms with Crippen LogP contribution in [-0.4, -0.2) is 19.6 Å². The number of unbranched alkanes of at least 4 members (excludes halogenated alkanes) is 1. The molecule has 0 heterocycles. The molecule has 0 saturated carbocycles. The van der Waals surface area contributed by atoms with E-state index >= 15 is 0 Å². The van der Waals surface area contributed by atoms with E-state index in [2.05, 4.69) is 25.0 Å². The van der Waals surface area contributed by atoms with Gasteiger partial charge in [-0.25, -0.2) is 4.18 Å². The van der Waals surface area contributed by atoms with Crippen molar-refractivity contribution in [2.24, 2.45) is 11.8 Å². The topological polar surface area (TPSA) is 63.6 Å². The van der Waals surface area contributed by atoms with Crippen LogP contribution in [0.25, 0.3) is 0 Å². The zero-order valence-electron chi connectivity index (χ0n) is 12.6. The molecule has 5 heteroatoms. The third-order valence-corrected chi connectivity index (χ3v) is 4.13. The molecule has 0 spiro atoms. The first-order chi connectivity index (χ1) is 8.89. The van der Waals surface area contributed by atoms with Gasteiger partial charge in [0.05, 0.1) is 6.61 Å². The first-order valence-electron chi connectivity index (χ1n) is 7.50. The SMILES string of the molecule is CCCC(CC)CCC(C)CCCCOS(=O)(=O)O. The van der Waals surface area contributed by atoms with E-state index in [0.29, 0.717) is 12.3 Å². The van der Waals surface area contributed by atoms with Gasteiger partial charge in [-0.15, -0.1) is 0 Å². The number of rotatable bonds is 12. The summed E-state index contributed by atoms with van der Waals surface area (Å²) in [6, 6.07) is 0. The Labute approximate surface area is 118 Å². The van der Waals surface area contributed by atoms with Crippen LogP contribution in [0.1, 0.15) is 72.1 Å². The maximum absolute atomic E-state index is 10.3. The van der Waals surface area contributed by atoms with Gasteiger partial charge in [0.15, 0.2) is 0 Å². The quantitative estimate of drug-likeness (QED) is 0.432. The molecule has 0 rings (SSSR count). The molecule has 0 fully saturated rings. The van der Waals surface area contributed by atoms with E-state index in [-0.39, 0.29) is 6.61 Å². The molecule has 0 saturated heterocycles. The van der Waals surface area contributed by atoms with Crippen molar-refractivity contribution < 1.29 is 17.2 Å². The molecule has 19 heavy (non-hydrogen) atoms. The van der Waals surface area contributed by atoms with Crippen LogP contribution in [0, 0.1) is 11.8 Å². The Bertz CT molecular complexity index is 301. The molecule has 0 aromatic heterocycles. The van der Waals surface area contributed by atoms with Gasteiger partial charge < -0.3 is 0 Å². The van der Waals surface area contributed by atoms with E-state index < -0.39 is 10.4 Å². The summed E-state index contributed by atoms with van der Waals surface area (Å²) in [5, 5.41) is 0. The minimum atomic E-state index is -4.26. The van der Waals surface area contributed by atoms with Gasteiger partial charge in [0, 0.05) is 0 Å². The summed E-state index contributed by atoms with van der Waals surface area (Å²) < 4.78 is 33.4. The lowest BCUT2D eigenvalue weighted by Gasteiger charge is -2.17. The Balaban J connectivity index is 3.56. The maximum atomic E-state index is 10.3. The Kier molecular flexibility index (Phi) is 10.6. The van der Waals surface area contributed by atoms with E-state index in [1.54, 1.807) is 0 Å². The molecule has 0 aromatic carbocycles. The second kappa shape index (κ2) is 10.6. The average Bonchev–Trinajstić information content (AvgIpc) is 2.32. The van der Waals surface area contributed by atoms with Gasteiger partial charge in [-0.2, -0.15) is 8.42 Å². The standard InChI is InChI=1S/C14H30O4S/c1-4-8-14(5-2)11-10-13(3)9-6-7-12-18-19(15,16)17/h13-14H,4-12H2,1-3H3,(H,15,16,17). The molecule has 1 N–H and O–H groups in total. The van der Waals surface area contributed by atoms with Crippen LogP contribution in [0.3, 0.4) is 0 Å². The van der Waals surface area contributed by atoms with Crippen LogP contribution in [0.15, 0.2) is 0 Å². The van der Waals surface area contributed by atoms with E-state index in [9.17, 15) is 8.42 Å². The summed E-state index contributed by atoms with van der Waals surface area (Å²) in [7, 11) is -4.26. The molecular formula is C14H30O4S. The van der Waals surface area contributed by atoms with Gasteiger partial charge in [0.25, 0.3) is 0 Å². The Hall–Kier alpha value is -0.130. The third-order valence-electron chi connectivity index (χ3n) is 3.67. The zero-order valence-corrected chi connectivity index (χ0v) is 13.4. The smallest absolute Gasteiger partial charge is 0.264 e. The molecule has 0 amide bonds. The molecule has 0 aromatic rings. The minimum absolute atomic E-state index is 0.0823. The van der Waals surface area contributed by atoms with E-state index in [0.717, 1.165) is 18.8 Å². The molecule has 4 nitrogen and oxygen atoms in total. The monoisotopic (exact) mass is 294 g/mol. The molecule has 116 valence electrons. The van der Waals surface area contributed by atoms with Gasteiger partial charge >= 0.3 is 10.4 Å². The summed E-state index contributed by atoms with van der Waals surface area (Å²) in [5.74, 6) is 1.53. The second-order valence-corrected chi connectivity index (χ2v) is 6.58. The zero-order chi connectivity index (χ0) is 14.7. The van der Waals surface area contributed by atoms with Crippen LogP contribution < -0.4 is 0 Å². The fourth-order valence-corrected chi connectivity index (χ4v) is 2.71. The molecule has 0 aliphatic heterocycles. The van der Waals surface area contributed by atoms with Gasteiger partial charge in [0.2, 0.25) is 0 Å². The highest BCUT2D eigenvalue weighted by Gasteiger charge is 2.09. The highest BCUT2D eigenvalue weighted by atomic mass is 32.3. The van der Waals surface area contributed by atoms with E-state index in [4.69, 9.17) is 4.55 Å². The van der Waals surface area contributed by atoms with Crippen molar-refractivity contribution in [2.45, 2.75) is 72.1 Å². The number of hydrogen-bond acceptors (Lipinski definition) is 3. The van der Waals surface area contributed by atoms with E-state index in [1.807, 2.05) is 0 Å². The molecule has 0 aliphatic carbocycles. The first kappa shape index (κ1) is 18.9. The largest absolute Gasteiger partial charge is 0.397 e. The Morgan fingerprint density at radius 1 is 1.05 bits per heavy atom. The molecule has 2 atom stereocenters. The molecule has 2 unspecified atom stereocenters. The lowest BCUT2D eigenvalue weighted by Crippen LogP contribution is -2.06. The summed E-state index contributed by atoms with van der Waals surface area (Å²) in [4.78, 5) is 0. The summed E-state index contributed by atoms with van der Waals surface area (Å²) in [6.45, 7) is 6.83. The maximum Gasteiger partial charge on any atom is 0.397 e. The fraction of sp³-hybridized carbons (Fsp3) is 1.00. The normalized spacial score (nSPS) is 15.4. The van der Waals surface area contributed by atoms with Gasteiger partial charge in [-0.1, -0.05) is 65.7 Å². The minimum Gasteiger partial charge on any atom is -0.264 e. The molecule has 0 radical (unpaired) electrons. The predicted octanol–water partition coefficient (Wildman–Crippen LogP) is 4.22. The predicted molar refractivity (Wildman–Crippen MR) is 78.4 cm³/mol. The van der Waals surface area contributed by atoms with Gasteiger partial charge in [-0.05, 0) is 18.3 Å². The molecule has 0 bridgehead atoms. The van der Waals surface area contributed by atoms with Crippen molar-refractivity contribution in [3.05, 3.63) is 0 Å². The molecule has 0 aliphatic rings. The number of hydrogen-bond donors (Lipinski definition) is 1. The van der Waals surface area contributed by atoms with Crippen molar-refractivity contribution in [2.75, 3.05) is 6.61 Å². The van der Waals surface area contributed by atoms with Gasteiger partial charge in [-0.3, -0.25) is 4.55 Å². The average molecular weight is 294 g/mol. The lowest BCUT2D eigenvalue weighted by atomic mass is 9.90. The first-order valence-corrected chi connectivity index (χ1v) is 8.87. The van der Waals surface area contributed by atoms with Crippen LogP contribution in [-0.2, 0) is 14.6 Å². The van der Waals surface area contributed by atoms with Crippen molar-refractivity contribution in [1.29, 1.82) is 0 Å². The fourth-order valence-electron chi connectivity index (χ4n) is 2.38. The highest BCUT2D eigenvalue weighted by Crippen LogP contribution is 2.22. The highest BCUT2D eigenvalue weighted by molar-refractivity contribution is 7.80. The summed E-state index contributed by atoms with van der Waals surface area (Å²) in [6.07, 6.45) is 9.12. The molecular weight excluding hydrogens is 264 g/mol. The second-order valence-electron chi connectivity index (χ2n) is 5.49. The summed E-state index contributed by atoms with van der Waals surface area (Å²) >= 11 is 0. The van der Waals surface area contributed by atoms with Crippen molar-refractivity contribution >= 4 is 10.4 Å². The van der Waals surface area contributed by atoms with Crippen molar-refractivity contribution in [1.82, 2.24) is 0 Å². The van der Waals surface area contributed by atoms with Crippen LogP contribution in [0.4, 0.5) is 0 Å². The van der Waals surface area contributed by atoms with E-state index in [1.165, 1.54) is 32.1 Å².